The first-order valence-electron chi connectivity index (χ1n) is 10.0. The van der Waals surface area contributed by atoms with Crippen LogP contribution in [0.3, 0.4) is 0 Å². The molecule has 32 heavy (non-hydrogen) atoms. The Hall–Kier alpha value is -3.15. The SMILES string of the molecule is O=C(NCC(Cc1ccc(Cl)cc1)OCCO)c1c[nH]c2ccc(C#CCO)cc2c1=O. The molecule has 1 heterocycles. The first-order chi connectivity index (χ1) is 15.5. The number of nitrogens with one attached hydrogen (secondary N) is 2. The fourth-order valence-corrected chi connectivity index (χ4v) is 3.33. The number of fused-ring (bicyclic) bond motifs is 1. The van der Waals surface area contributed by atoms with Gasteiger partial charge >= 0.3 is 0 Å². The van der Waals surface area contributed by atoms with Crippen LogP contribution in [0.15, 0.2) is 53.5 Å². The largest absolute Gasteiger partial charge is 0.394 e. The molecule has 0 saturated carbocycles. The number of benzene rings is 2. The number of rotatable bonds is 8. The summed E-state index contributed by atoms with van der Waals surface area (Å²) in [5.41, 5.74) is 1.65. The molecule has 0 bridgehead atoms. The van der Waals surface area contributed by atoms with E-state index in [2.05, 4.69) is 22.1 Å². The predicted octanol–water partition coefficient (Wildman–Crippen LogP) is 1.88. The van der Waals surface area contributed by atoms with Gasteiger partial charge < -0.3 is 25.3 Å². The Labute approximate surface area is 190 Å². The van der Waals surface area contributed by atoms with Gasteiger partial charge in [0.05, 0.1) is 19.3 Å². The third-order valence-corrected chi connectivity index (χ3v) is 5.00. The van der Waals surface area contributed by atoms with Gasteiger partial charge in [0, 0.05) is 40.7 Å². The lowest BCUT2D eigenvalue weighted by molar-refractivity contribution is 0.0289. The Morgan fingerprint density at radius 3 is 2.69 bits per heavy atom. The highest BCUT2D eigenvalue weighted by molar-refractivity contribution is 6.30. The van der Waals surface area contributed by atoms with E-state index in [1.165, 1.54) is 6.20 Å². The summed E-state index contributed by atoms with van der Waals surface area (Å²) < 4.78 is 5.65. The Kier molecular flexibility index (Phi) is 8.42. The molecule has 0 radical (unpaired) electrons. The molecule has 0 aliphatic rings. The molecule has 0 saturated heterocycles. The lowest BCUT2D eigenvalue weighted by Gasteiger charge is -2.18. The Bertz CT molecular complexity index is 1190. The van der Waals surface area contributed by atoms with Gasteiger partial charge in [0.15, 0.2) is 0 Å². The van der Waals surface area contributed by atoms with E-state index in [1.807, 2.05) is 12.1 Å². The zero-order valence-corrected chi connectivity index (χ0v) is 18.0. The van der Waals surface area contributed by atoms with Crippen LogP contribution in [0.4, 0.5) is 0 Å². The highest BCUT2D eigenvalue weighted by Gasteiger charge is 2.16. The smallest absolute Gasteiger partial charge is 0.256 e. The molecule has 166 valence electrons. The maximum Gasteiger partial charge on any atom is 0.256 e. The second-order valence-corrected chi connectivity index (χ2v) is 7.45. The van der Waals surface area contributed by atoms with Gasteiger partial charge in [0.25, 0.3) is 5.91 Å². The number of hydrogen-bond acceptors (Lipinski definition) is 5. The van der Waals surface area contributed by atoms with Gasteiger partial charge in [-0.2, -0.15) is 0 Å². The van der Waals surface area contributed by atoms with Crippen LogP contribution in [0.5, 0.6) is 0 Å². The molecule has 0 spiro atoms. The van der Waals surface area contributed by atoms with E-state index in [9.17, 15) is 9.59 Å². The van der Waals surface area contributed by atoms with Gasteiger partial charge in [-0.25, -0.2) is 0 Å². The highest BCUT2D eigenvalue weighted by Crippen LogP contribution is 2.13. The van der Waals surface area contributed by atoms with E-state index in [0.29, 0.717) is 27.9 Å². The molecule has 0 aliphatic carbocycles. The molecule has 1 amide bonds. The molecule has 3 rings (SSSR count). The van der Waals surface area contributed by atoms with Gasteiger partial charge in [-0.1, -0.05) is 35.6 Å². The molecule has 1 unspecified atom stereocenters. The number of ether oxygens (including phenoxy) is 1. The average Bonchev–Trinajstić information content (AvgIpc) is 2.81. The van der Waals surface area contributed by atoms with Crippen molar-refractivity contribution < 1.29 is 19.7 Å². The average molecular weight is 455 g/mol. The Morgan fingerprint density at radius 1 is 1.19 bits per heavy atom. The summed E-state index contributed by atoms with van der Waals surface area (Å²) in [6.45, 7) is -0.146. The van der Waals surface area contributed by atoms with Crippen molar-refractivity contribution in [3.63, 3.8) is 0 Å². The molecule has 8 heteroatoms. The summed E-state index contributed by atoms with van der Waals surface area (Å²) in [4.78, 5) is 28.6. The van der Waals surface area contributed by atoms with Gasteiger partial charge in [0.2, 0.25) is 5.43 Å². The first-order valence-corrected chi connectivity index (χ1v) is 10.4. The molecule has 2 aromatic carbocycles. The minimum Gasteiger partial charge on any atom is -0.394 e. The summed E-state index contributed by atoms with van der Waals surface area (Å²) in [5, 5.41) is 21.6. The van der Waals surface area contributed by atoms with E-state index < -0.39 is 17.4 Å². The third kappa shape index (κ3) is 6.19. The monoisotopic (exact) mass is 454 g/mol. The van der Waals surface area contributed by atoms with Crippen molar-refractivity contribution in [2.75, 3.05) is 26.4 Å². The number of aliphatic hydroxyl groups excluding tert-OH is 2. The maximum absolute atomic E-state index is 12.9. The topological polar surface area (TPSA) is 112 Å². The molecular formula is C24H23ClN2O5. The van der Waals surface area contributed by atoms with Gasteiger partial charge in [-0.05, 0) is 35.9 Å². The van der Waals surface area contributed by atoms with E-state index in [4.69, 9.17) is 26.6 Å². The fraction of sp³-hybridized carbons (Fsp3) is 0.250. The van der Waals surface area contributed by atoms with Crippen LogP contribution >= 0.6 is 11.6 Å². The van der Waals surface area contributed by atoms with Gasteiger partial charge in [-0.3, -0.25) is 9.59 Å². The molecule has 0 aliphatic heterocycles. The summed E-state index contributed by atoms with van der Waals surface area (Å²) in [6, 6.07) is 12.3. The number of H-pyrrole nitrogens is 1. The van der Waals surface area contributed by atoms with Crippen molar-refractivity contribution >= 4 is 28.4 Å². The number of amides is 1. The Balaban J connectivity index is 1.75. The molecule has 1 atom stereocenters. The summed E-state index contributed by atoms with van der Waals surface area (Å²) in [7, 11) is 0. The van der Waals surface area contributed by atoms with Crippen molar-refractivity contribution in [3.8, 4) is 11.8 Å². The van der Waals surface area contributed by atoms with E-state index in [1.54, 1.807) is 30.3 Å². The van der Waals surface area contributed by atoms with Gasteiger partial charge in [-0.15, -0.1) is 0 Å². The minimum absolute atomic E-state index is 0.0304. The van der Waals surface area contributed by atoms with E-state index in [0.717, 1.165) is 5.56 Å². The first kappa shape index (κ1) is 23.5. The minimum atomic E-state index is -0.534. The van der Waals surface area contributed by atoms with Crippen molar-refractivity contribution in [2.45, 2.75) is 12.5 Å². The second kappa shape index (κ2) is 11.5. The van der Waals surface area contributed by atoms with Gasteiger partial charge in [0.1, 0.15) is 12.2 Å². The van der Waals surface area contributed by atoms with Crippen LogP contribution in [-0.2, 0) is 11.2 Å². The van der Waals surface area contributed by atoms with Crippen LogP contribution < -0.4 is 10.7 Å². The molecule has 3 aromatic rings. The van der Waals surface area contributed by atoms with Crippen LogP contribution in [0, 0.1) is 11.8 Å². The van der Waals surface area contributed by atoms with Crippen LogP contribution in [0.25, 0.3) is 10.9 Å². The summed E-state index contributed by atoms with van der Waals surface area (Å²) in [5.74, 6) is 4.75. The maximum atomic E-state index is 12.9. The third-order valence-electron chi connectivity index (χ3n) is 4.75. The number of carbonyl (C=O) groups excluding carboxylic acids is 1. The lowest BCUT2D eigenvalue weighted by atomic mass is 10.1. The second-order valence-electron chi connectivity index (χ2n) is 7.01. The van der Waals surface area contributed by atoms with Crippen molar-refractivity contribution in [3.05, 3.63) is 80.6 Å². The predicted molar refractivity (Wildman–Crippen MR) is 123 cm³/mol. The summed E-state index contributed by atoms with van der Waals surface area (Å²) in [6.07, 6.45) is 1.48. The normalized spacial score (nSPS) is 11.6. The van der Waals surface area contributed by atoms with E-state index >= 15 is 0 Å². The zero-order chi connectivity index (χ0) is 22.9. The molecule has 4 N–H and O–H groups in total. The zero-order valence-electron chi connectivity index (χ0n) is 17.2. The highest BCUT2D eigenvalue weighted by atomic mass is 35.5. The summed E-state index contributed by atoms with van der Waals surface area (Å²) >= 11 is 5.92. The van der Waals surface area contributed by atoms with Crippen molar-refractivity contribution in [1.29, 1.82) is 0 Å². The quantitative estimate of drug-likeness (QED) is 0.388. The molecular weight excluding hydrogens is 432 g/mol. The van der Waals surface area contributed by atoms with Crippen LogP contribution in [-0.4, -0.2) is 53.6 Å². The number of aliphatic hydroxyl groups is 2. The van der Waals surface area contributed by atoms with Crippen molar-refractivity contribution in [2.24, 2.45) is 0 Å². The lowest BCUT2D eigenvalue weighted by Crippen LogP contribution is -2.37. The number of aromatic amines is 1. The molecule has 1 aromatic heterocycles. The van der Waals surface area contributed by atoms with Crippen LogP contribution in [0.1, 0.15) is 21.5 Å². The van der Waals surface area contributed by atoms with Crippen molar-refractivity contribution in [1.82, 2.24) is 10.3 Å². The molecule has 7 nitrogen and oxygen atoms in total. The van der Waals surface area contributed by atoms with E-state index in [-0.39, 0.29) is 31.9 Å². The number of carbonyl (C=O) groups is 1. The standard InChI is InChI=1S/C24H23ClN2O5/c25-18-6-3-17(4-7-18)12-19(32-11-10-29)14-27-24(31)21-15-26-22-8-5-16(2-1-9-28)13-20(22)23(21)30/h3-8,13,15,19,28-29H,9-12,14H2,(H,26,30)(H,27,31). The fourth-order valence-electron chi connectivity index (χ4n) is 3.20. The Morgan fingerprint density at radius 2 is 1.97 bits per heavy atom. The number of aromatic nitrogens is 1. The molecule has 0 fully saturated rings. The number of hydrogen-bond donors (Lipinski definition) is 4. The van der Waals surface area contributed by atoms with Crippen LogP contribution in [0.2, 0.25) is 5.02 Å². The number of halogens is 1. The number of pyridine rings is 1.